The van der Waals surface area contributed by atoms with Crippen LogP contribution >= 0.6 is 0 Å². The van der Waals surface area contributed by atoms with Gasteiger partial charge in [0.25, 0.3) is 11.8 Å². The number of hydrogen-bond acceptors (Lipinski definition) is 3. The smallest absolute Gasteiger partial charge is 0.267 e. The first-order valence-corrected chi connectivity index (χ1v) is 7.58. The Balaban J connectivity index is 1.71. The molecule has 2 amide bonds. The fourth-order valence-corrected chi connectivity index (χ4v) is 2.55. The molecule has 1 aromatic heterocycles. The molecule has 5 heteroatoms. The molecule has 0 radical (unpaired) electrons. The van der Waals surface area contributed by atoms with Gasteiger partial charge in [0.05, 0.1) is 5.52 Å². The van der Waals surface area contributed by atoms with Gasteiger partial charge in [-0.15, -0.1) is 0 Å². The van der Waals surface area contributed by atoms with Gasteiger partial charge in [-0.1, -0.05) is 41.5 Å². The first kappa shape index (κ1) is 15.7. The number of amides is 2. The molecule has 5 nitrogen and oxygen atoms in total. The Labute approximate surface area is 139 Å². The lowest BCUT2D eigenvalue weighted by atomic mass is 10.1. The Kier molecular flexibility index (Phi) is 4.24. The SMILES string of the molecule is Cc1cc(C)cc(C(=O)NNC(=O)c2ccc3ccccc3n2)c1. The van der Waals surface area contributed by atoms with Gasteiger partial charge in [0, 0.05) is 10.9 Å². The lowest BCUT2D eigenvalue weighted by molar-refractivity contribution is 0.0844. The van der Waals surface area contributed by atoms with Crippen molar-refractivity contribution in [3.63, 3.8) is 0 Å². The number of nitrogens with one attached hydrogen (secondary N) is 2. The maximum absolute atomic E-state index is 12.2. The van der Waals surface area contributed by atoms with Crippen LogP contribution in [0.25, 0.3) is 10.9 Å². The monoisotopic (exact) mass is 319 g/mol. The molecule has 0 bridgehead atoms. The van der Waals surface area contributed by atoms with Gasteiger partial charge in [0.15, 0.2) is 0 Å². The summed E-state index contributed by atoms with van der Waals surface area (Å²) in [6, 6.07) is 16.5. The van der Waals surface area contributed by atoms with Crippen LogP contribution in [0.3, 0.4) is 0 Å². The molecule has 0 unspecified atom stereocenters. The van der Waals surface area contributed by atoms with Crippen molar-refractivity contribution in [2.24, 2.45) is 0 Å². The predicted octanol–water partition coefficient (Wildman–Crippen LogP) is 2.93. The lowest BCUT2D eigenvalue weighted by Crippen LogP contribution is -2.42. The van der Waals surface area contributed by atoms with Crippen LogP contribution in [0, 0.1) is 13.8 Å². The molecule has 2 N–H and O–H groups in total. The van der Waals surface area contributed by atoms with Crippen molar-refractivity contribution in [2.45, 2.75) is 13.8 Å². The van der Waals surface area contributed by atoms with Crippen LogP contribution in [0.15, 0.2) is 54.6 Å². The number of nitrogens with zero attached hydrogens (tertiary/aromatic N) is 1. The van der Waals surface area contributed by atoms with Crippen LogP contribution in [0.4, 0.5) is 0 Å². The van der Waals surface area contributed by atoms with E-state index in [1.165, 1.54) is 0 Å². The summed E-state index contributed by atoms with van der Waals surface area (Å²) in [5, 5.41) is 0.952. The van der Waals surface area contributed by atoms with Crippen LogP contribution in [0.5, 0.6) is 0 Å². The van der Waals surface area contributed by atoms with E-state index in [1.54, 1.807) is 18.2 Å². The Morgan fingerprint density at radius 2 is 1.50 bits per heavy atom. The molecule has 120 valence electrons. The Morgan fingerprint density at radius 3 is 2.25 bits per heavy atom. The molecule has 3 rings (SSSR count). The normalized spacial score (nSPS) is 10.4. The molecule has 0 saturated heterocycles. The maximum Gasteiger partial charge on any atom is 0.288 e. The molecule has 0 aliphatic rings. The number of carbonyl (C=O) groups is 2. The van der Waals surface area contributed by atoms with E-state index in [-0.39, 0.29) is 11.6 Å². The highest BCUT2D eigenvalue weighted by Crippen LogP contribution is 2.12. The fraction of sp³-hybridized carbons (Fsp3) is 0.105. The van der Waals surface area contributed by atoms with E-state index in [1.807, 2.05) is 50.2 Å². The summed E-state index contributed by atoms with van der Waals surface area (Å²) in [5.41, 5.74) is 8.27. The van der Waals surface area contributed by atoms with Crippen LogP contribution in [-0.4, -0.2) is 16.8 Å². The number of rotatable bonds is 2. The second kappa shape index (κ2) is 6.50. The lowest BCUT2D eigenvalue weighted by Gasteiger charge is -2.09. The van der Waals surface area contributed by atoms with Crippen LogP contribution in [0.1, 0.15) is 32.0 Å². The molecule has 0 aliphatic carbocycles. The zero-order valence-electron chi connectivity index (χ0n) is 13.5. The summed E-state index contributed by atoms with van der Waals surface area (Å²) >= 11 is 0. The highest BCUT2D eigenvalue weighted by Gasteiger charge is 2.11. The zero-order valence-corrected chi connectivity index (χ0v) is 13.5. The third-order valence-corrected chi connectivity index (χ3v) is 3.60. The van der Waals surface area contributed by atoms with Gasteiger partial charge in [-0.2, -0.15) is 0 Å². The second-order valence-corrected chi connectivity index (χ2v) is 5.67. The number of aryl methyl sites for hydroxylation is 2. The molecule has 0 saturated carbocycles. The molecule has 0 atom stereocenters. The first-order chi connectivity index (χ1) is 11.5. The van der Waals surface area contributed by atoms with E-state index < -0.39 is 5.91 Å². The number of para-hydroxylation sites is 1. The van der Waals surface area contributed by atoms with Gasteiger partial charge in [0.1, 0.15) is 5.69 Å². The molecular formula is C19H17N3O2. The van der Waals surface area contributed by atoms with Crippen molar-refractivity contribution in [3.05, 3.63) is 77.0 Å². The van der Waals surface area contributed by atoms with Crippen LogP contribution in [0.2, 0.25) is 0 Å². The van der Waals surface area contributed by atoms with E-state index in [9.17, 15) is 9.59 Å². The van der Waals surface area contributed by atoms with Crippen molar-refractivity contribution in [1.82, 2.24) is 15.8 Å². The summed E-state index contributed by atoms with van der Waals surface area (Å²) in [7, 11) is 0. The highest BCUT2D eigenvalue weighted by molar-refractivity contribution is 5.99. The third-order valence-electron chi connectivity index (χ3n) is 3.60. The number of pyridine rings is 1. The van der Waals surface area contributed by atoms with E-state index in [0.29, 0.717) is 5.56 Å². The molecule has 2 aromatic carbocycles. The average molecular weight is 319 g/mol. The summed E-state index contributed by atoms with van der Waals surface area (Å²) in [6.45, 7) is 3.84. The van der Waals surface area contributed by atoms with Crippen molar-refractivity contribution in [1.29, 1.82) is 0 Å². The minimum absolute atomic E-state index is 0.245. The van der Waals surface area contributed by atoms with Gasteiger partial charge in [-0.05, 0) is 38.1 Å². The minimum atomic E-state index is -0.460. The minimum Gasteiger partial charge on any atom is -0.267 e. The second-order valence-electron chi connectivity index (χ2n) is 5.67. The predicted molar refractivity (Wildman–Crippen MR) is 92.6 cm³/mol. The number of hydrazine groups is 1. The number of benzene rings is 2. The largest absolute Gasteiger partial charge is 0.288 e. The van der Waals surface area contributed by atoms with Crippen molar-refractivity contribution >= 4 is 22.7 Å². The van der Waals surface area contributed by atoms with E-state index >= 15 is 0 Å². The molecule has 0 spiro atoms. The van der Waals surface area contributed by atoms with Crippen LogP contribution in [-0.2, 0) is 0 Å². The topological polar surface area (TPSA) is 71.1 Å². The number of fused-ring (bicyclic) bond motifs is 1. The summed E-state index contributed by atoms with van der Waals surface area (Å²) in [4.78, 5) is 28.6. The number of aromatic nitrogens is 1. The Bertz CT molecular complexity index is 915. The molecular weight excluding hydrogens is 302 g/mol. The van der Waals surface area contributed by atoms with Gasteiger partial charge in [0.2, 0.25) is 0 Å². The average Bonchev–Trinajstić information content (AvgIpc) is 2.58. The van der Waals surface area contributed by atoms with E-state index in [0.717, 1.165) is 22.0 Å². The van der Waals surface area contributed by atoms with Gasteiger partial charge < -0.3 is 0 Å². The van der Waals surface area contributed by atoms with Crippen molar-refractivity contribution < 1.29 is 9.59 Å². The van der Waals surface area contributed by atoms with Crippen LogP contribution < -0.4 is 10.9 Å². The van der Waals surface area contributed by atoms with Crippen molar-refractivity contribution in [2.75, 3.05) is 0 Å². The first-order valence-electron chi connectivity index (χ1n) is 7.58. The molecule has 0 aliphatic heterocycles. The highest BCUT2D eigenvalue weighted by atomic mass is 16.2. The summed E-state index contributed by atoms with van der Waals surface area (Å²) in [5.74, 6) is -0.825. The molecule has 3 aromatic rings. The molecule has 0 fully saturated rings. The maximum atomic E-state index is 12.2. The summed E-state index contributed by atoms with van der Waals surface area (Å²) < 4.78 is 0. The van der Waals surface area contributed by atoms with Gasteiger partial charge in [-0.25, -0.2) is 4.98 Å². The zero-order chi connectivity index (χ0) is 17.1. The van der Waals surface area contributed by atoms with E-state index in [4.69, 9.17) is 0 Å². The van der Waals surface area contributed by atoms with E-state index in [2.05, 4.69) is 15.8 Å². The fourth-order valence-electron chi connectivity index (χ4n) is 2.55. The molecule has 1 heterocycles. The standard InChI is InChI=1S/C19H17N3O2/c1-12-9-13(2)11-15(10-12)18(23)21-22-19(24)17-8-7-14-5-3-4-6-16(14)20-17/h3-11H,1-2H3,(H,21,23)(H,22,24). The van der Waals surface area contributed by atoms with Gasteiger partial charge >= 0.3 is 0 Å². The van der Waals surface area contributed by atoms with Gasteiger partial charge in [-0.3, -0.25) is 20.4 Å². The number of carbonyl (C=O) groups excluding carboxylic acids is 2. The summed E-state index contributed by atoms with van der Waals surface area (Å²) in [6.07, 6.45) is 0. The number of hydrogen-bond donors (Lipinski definition) is 2. The molecule has 24 heavy (non-hydrogen) atoms. The van der Waals surface area contributed by atoms with Crippen molar-refractivity contribution in [3.8, 4) is 0 Å². The quantitative estimate of drug-likeness (QED) is 0.713. The Morgan fingerprint density at radius 1 is 0.833 bits per heavy atom. The third kappa shape index (κ3) is 3.41. The Hall–Kier alpha value is -3.21.